The fraction of sp³-hybridized carbons (Fsp3) is 0.727. The van der Waals surface area contributed by atoms with Crippen LogP contribution in [0.2, 0.25) is 0 Å². The first-order chi connectivity index (χ1) is 9.12. The summed E-state index contributed by atoms with van der Waals surface area (Å²) < 4.78 is 33.6. The average Bonchev–Trinajstić information content (AvgIpc) is 3.05. The standard InChI is InChI=1S/C11H20N4O3S/c1-12-4-5-15-9-11(8-13-15)19(16,17)14-7-10-3-2-6-18-10/h8-10,12,14H,2-7H2,1H3. The van der Waals surface area contributed by atoms with Crippen molar-refractivity contribution in [2.24, 2.45) is 0 Å². The number of ether oxygens (including phenoxy) is 1. The molecular formula is C11H20N4O3S. The van der Waals surface area contributed by atoms with E-state index in [0.717, 1.165) is 19.4 Å². The molecular weight excluding hydrogens is 268 g/mol. The lowest BCUT2D eigenvalue weighted by Crippen LogP contribution is -2.31. The molecule has 1 aromatic rings. The molecule has 8 heteroatoms. The fourth-order valence-corrected chi connectivity index (χ4v) is 2.94. The second-order valence-electron chi connectivity index (χ2n) is 4.53. The average molecular weight is 288 g/mol. The molecule has 0 aliphatic carbocycles. The van der Waals surface area contributed by atoms with Crippen LogP contribution in [0.4, 0.5) is 0 Å². The zero-order chi connectivity index (χ0) is 13.7. The molecule has 1 aliphatic rings. The maximum Gasteiger partial charge on any atom is 0.243 e. The lowest BCUT2D eigenvalue weighted by atomic mass is 10.2. The van der Waals surface area contributed by atoms with E-state index >= 15 is 0 Å². The minimum atomic E-state index is -3.49. The molecule has 7 nitrogen and oxygen atoms in total. The van der Waals surface area contributed by atoms with E-state index < -0.39 is 10.0 Å². The van der Waals surface area contributed by atoms with Crippen molar-refractivity contribution in [3.8, 4) is 0 Å². The Labute approximate surface area is 113 Å². The molecule has 1 unspecified atom stereocenters. The Kier molecular flexibility index (Phi) is 4.92. The monoisotopic (exact) mass is 288 g/mol. The van der Waals surface area contributed by atoms with Crippen molar-refractivity contribution in [1.82, 2.24) is 19.8 Å². The van der Waals surface area contributed by atoms with Gasteiger partial charge in [0.05, 0.1) is 18.8 Å². The topological polar surface area (TPSA) is 85.2 Å². The Morgan fingerprint density at radius 2 is 2.42 bits per heavy atom. The van der Waals surface area contributed by atoms with Crippen molar-refractivity contribution >= 4 is 10.0 Å². The summed E-state index contributed by atoms with van der Waals surface area (Å²) in [5.41, 5.74) is 0. The van der Waals surface area contributed by atoms with Gasteiger partial charge in [-0.1, -0.05) is 0 Å². The van der Waals surface area contributed by atoms with Crippen molar-refractivity contribution in [3.05, 3.63) is 12.4 Å². The molecule has 1 fully saturated rings. The molecule has 1 aliphatic heterocycles. The van der Waals surface area contributed by atoms with E-state index in [4.69, 9.17) is 4.74 Å². The van der Waals surface area contributed by atoms with Crippen molar-refractivity contribution < 1.29 is 13.2 Å². The highest BCUT2D eigenvalue weighted by atomic mass is 32.2. The van der Waals surface area contributed by atoms with Gasteiger partial charge in [-0.25, -0.2) is 13.1 Å². The molecule has 2 heterocycles. The summed E-state index contributed by atoms with van der Waals surface area (Å²) in [7, 11) is -1.65. The lowest BCUT2D eigenvalue weighted by molar-refractivity contribution is 0.114. The normalized spacial score (nSPS) is 19.9. The number of aromatic nitrogens is 2. The zero-order valence-electron chi connectivity index (χ0n) is 11.0. The van der Waals surface area contributed by atoms with Gasteiger partial charge in [0.1, 0.15) is 4.90 Å². The molecule has 108 valence electrons. The molecule has 1 saturated heterocycles. The van der Waals surface area contributed by atoms with Gasteiger partial charge in [-0.05, 0) is 19.9 Å². The molecule has 0 spiro atoms. The third-order valence-electron chi connectivity index (χ3n) is 3.04. The first-order valence-corrected chi connectivity index (χ1v) is 7.88. The van der Waals surface area contributed by atoms with Crippen LogP contribution in [0.1, 0.15) is 12.8 Å². The summed E-state index contributed by atoms with van der Waals surface area (Å²) in [5.74, 6) is 0. The second kappa shape index (κ2) is 6.47. The Morgan fingerprint density at radius 3 is 3.11 bits per heavy atom. The summed E-state index contributed by atoms with van der Waals surface area (Å²) in [4.78, 5) is 0.196. The third kappa shape index (κ3) is 4.00. The first kappa shape index (κ1) is 14.4. The van der Waals surface area contributed by atoms with Gasteiger partial charge in [0, 0.05) is 25.9 Å². The smallest absolute Gasteiger partial charge is 0.243 e. The summed E-state index contributed by atoms with van der Waals surface area (Å²) >= 11 is 0. The number of hydrogen-bond acceptors (Lipinski definition) is 5. The maximum absolute atomic E-state index is 12.0. The van der Waals surface area contributed by atoms with Crippen LogP contribution in [0.15, 0.2) is 17.3 Å². The predicted octanol–water partition coefficient (Wildman–Crippen LogP) is -0.440. The Bertz CT molecular complexity index is 494. The number of sulfonamides is 1. The Hall–Kier alpha value is -0.960. The Morgan fingerprint density at radius 1 is 1.58 bits per heavy atom. The van der Waals surface area contributed by atoms with Crippen molar-refractivity contribution in [1.29, 1.82) is 0 Å². The van der Waals surface area contributed by atoms with Gasteiger partial charge >= 0.3 is 0 Å². The molecule has 0 saturated carbocycles. The summed E-state index contributed by atoms with van der Waals surface area (Å²) in [5, 5.41) is 7.01. The first-order valence-electron chi connectivity index (χ1n) is 6.40. The zero-order valence-corrected chi connectivity index (χ0v) is 11.8. The minimum absolute atomic E-state index is 0.00545. The largest absolute Gasteiger partial charge is 0.377 e. The molecule has 2 rings (SSSR count). The Balaban J connectivity index is 1.92. The van der Waals surface area contributed by atoms with Crippen molar-refractivity contribution in [2.75, 3.05) is 26.7 Å². The quantitative estimate of drug-likeness (QED) is 0.710. The number of rotatable bonds is 7. The van der Waals surface area contributed by atoms with Crippen LogP contribution in [0, 0.1) is 0 Å². The predicted molar refractivity (Wildman–Crippen MR) is 70.3 cm³/mol. The van der Waals surface area contributed by atoms with Gasteiger partial charge in [-0.15, -0.1) is 0 Å². The van der Waals surface area contributed by atoms with E-state index in [0.29, 0.717) is 19.7 Å². The lowest BCUT2D eigenvalue weighted by Gasteiger charge is -2.10. The number of nitrogens with one attached hydrogen (secondary N) is 2. The molecule has 0 aromatic carbocycles. The summed E-state index contributed by atoms with van der Waals surface area (Å²) in [6, 6.07) is 0. The highest BCUT2D eigenvalue weighted by molar-refractivity contribution is 7.89. The van der Waals surface area contributed by atoms with Crippen LogP contribution in [0.3, 0.4) is 0 Å². The molecule has 0 amide bonds. The van der Waals surface area contributed by atoms with E-state index in [9.17, 15) is 8.42 Å². The molecule has 2 N–H and O–H groups in total. The third-order valence-corrected chi connectivity index (χ3v) is 4.41. The van der Waals surface area contributed by atoms with Crippen LogP contribution < -0.4 is 10.0 Å². The van der Waals surface area contributed by atoms with E-state index in [2.05, 4.69) is 15.1 Å². The molecule has 1 atom stereocenters. The van der Waals surface area contributed by atoms with Gasteiger partial charge in [0.25, 0.3) is 0 Å². The van der Waals surface area contributed by atoms with Crippen molar-refractivity contribution in [2.45, 2.75) is 30.4 Å². The minimum Gasteiger partial charge on any atom is -0.377 e. The number of hydrogen-bond donors (Lipinski definition) is 2. The molecule has 0 radical (unpaired) electrons. The van der Waals surface area contributed by atoms with Crippen LogP contribution in [-0.2, 0) is 21.3 Å². The van der Waals surface area contributed by atoms with Crippen LogP contribution in [-0.4, -0.2) is 51.0 Å². The van der Waals surface area contributed by atoms with Crippen LogP contribution in [0.25, 0.3) is 0 Å². The van der Waals surface area contributed by atoms with Gasteiger partial charge < -0.3 is 10.1 Å². The second-order valence-corrected chi connectivity index (χ2v) is 6.30. The fourth-order valence-electron chi connectivity index (χ4n) is 1.92. The van der Waals surface area contributed by atoms with E-state index in [1.165, 1.54) is 12.4 Å². The SMILES string of the molecule is CNCCn1cc(S(=O)(=O)NCC2CCCO2)cn1. The van der Waals surface area contributed by atoms with Crippen LogP contribution in [0.5, 0.6) is 0 Å². The van der Waals surface area contributed by atoms with E-state index in [1.807, 2.05) is 7.05 Å². The van der Waals surface area contributed by atoms with Gasteiger partial charge in [0.2, 0.25) is 10.0 Å². The highest BCUT2D eigenvalue weighted by Gasteiger charge is 2.21. The van der Waals surface area contributed by atoms with Gasteiger partial charge in [0.15, 0.2) is 0 Å². The van der Waals surface area contributed by atoms with Gasteiger partial charge in [-0.2, -0.15) is 5.10 Å². The van der Waals surface area contributed by atoms with E-state index in [-0.39, 0.29) is 11.0 Å². The van der Waals surface area contributed by atoms with E-state index in [1.54, 1.807) is 4.68 Å². The number of nitrogens with zero attached hydrogens (tertiary/aromatic N) is 2. The maximum atomic E-state index is 12.0. The highest BCUT2D eigenvalue weighted by Crippen LogP contribution is 2.12. The van der Waals surface area contributed by atoms with Crippen molar-refractivity contribution in [3.63, 3.8) is 0 Å². The summed E-state index contributed by atoms with van der Waals surface area (Å²) in [6.07, 6.45) is 4.80. The molecule has 0 bridgehead atoms. The molecule has 1 aromatic heterocycles. The number of likely N-dealkylation sites (N-methyl/N-ethyl adjacent to an activating group) is 1. The van der Waals surface area contributed by atoms with Gasteiger partial charge in [-0.3, -0.25) is 4.68 Å². The molecule has 19 heavy (non-hydrogen) atoms. The van der Waals surface area contributed by atoms with Crippen LogP contribution >= 0.6 is 0 Å². The summed E-state index contributed by atoms with van der Waals surface area (Å²) in [6.45, 7) is 2.42.